The summed E-state index contributed by atoms with van der Waals surface area (Å²) in [5.41, 5.74) is 3.16. The van der Waals surface area contributed by atoms with Crippen LogP contribution >= 0.6 is 0 Å². The maximum atomic E-state index is 5.09. The molecule has 78 valence electrons. The van der Waals surface area contributed by atoms with Crippen LogP contribution in [0.2, 0.25) is 0 Å². The predicted molar refractivity (Wildman–Crippen MR) is 62.3 cm³/mol. The predicted octanol–water partition coefficient (Wildman–Crippen LogP) is 3.50. The Morgan fingerprint density at radius 1 is 1.29 bits per heavy atom. The smallest absolute Gasteiger partial charge is 0.0534 e. The van der Waals surface area contributed by atoms with Gasteiger partial charge in [-0.3, -0.25) is 0 Å². The highest BCUT2D eigenvalue weighted by atomic mass is 16.5. The van der Waals surface area contributed by atoms with Crippen molar-refractivity contribution in [2.75, 3.05) is 13.7 Å². The van der Waals surface area contributed by atoms with Gasteiger partial charge >= 0.3 is 0 Å². The minimum absolute atomic E-state index is 0.400. The van der Waals surface area contributed by atoms with Crippen molar-refractivity contribution in [2.24, 2.45) is 5.92 Å². The minimum atomic E-state index is 0.400. The highest BCUT2D eigenvalue weighted by Crippen LogP contribution is 2.05. The first-order valence-electron chi connectivity index (χ1n) is 4.97. The largest absolute Gasteiger partial charge is 0.384 e. The van der Waals surface area contributed by atoms with Crippen molar-refractivity contribution in [3.8, 4) is 0 Å². The molecule has 0 N–H and O–H groups in total. The fourth-order valence-electron chi connectivity index (χ4n) is 1.10. The molecule has 0 heterocycles. The molecular formula is C13H20O. The van der Waals surface area contributed by atoms with E-state index < -0.39 is 0 Å². The van der Waals surface area contributed by atoms with E-state index in [1.54, 1.807) is 7.11 Å². The molecule has 0 spiro atoms. The van der Waals surface area contributed by atoms with Crippen molar-refractivity contribution in [1.29, 1.82) is 0 Å². The summed E-state index contributed by atoms with van der Waals surface area (Å²) >= 11 is 0. The number of hydrogen-bond acceptors (Lipinski definition) is 1. The van der Waals surface area contributed by atoms with Gasteiger partial charge in [0.2, 0.25) is 0 Å². The molecule has 0 rings (SSSR count). The molecule has 0 aromatic heterocycles. The van der Waals surface area contributed by atoms with E-state index in [9.17, 15) is 0 Å². The number of hydrogen-bond donors (Lipinski definition) is 0. The van der Waals surface area contributed by atoms with E-state index in [0.717, 1.165) is 25.9 Å². The van der Waals surface area contributed by atoms with Crippen molar-refractivity contribution in [2.45, 2.75) is 19.3 Å². The van der Waals surface area contributed by atoms with Crippen molar-refractivity contribution >= 4 is 0 Å². The molecule has 0 fully saturated rings. The minimum Gasteiger partial charge on any atom is -0.384 e. The summed E-state index contributed by atoms with van der Waals surface area (Å²) < 4.78 is 5.09. The fraction of sp³-hybridized carbons (Fsp3) is 0.462. The first kappa shape index (κ1) is 13.0. The third-order valence-electron chi connectivity index (χ3n) is 1.82. The van der Waals surface area contributed by atoms with Crippen molar-refractivity contribution in [3.63, 3.8) is 0 Å². The molecule has 1 nitrogen and oxygen atoms in total. The van der Waals surface area contributed by atoms with Crippen LogP contribution in [-0.4, -0.2) is 13.7 Å². The molecule has 0 aliphatic carbocycles. The Bertz CT molecular complexity index is 209. The summed E-state index contributed by atoms with van der Waals surface area (Å²) in [7, 11) is 1.71. The third kappa shape index (κ3) is 7.60. The SMILES string of the molecule is C=CCCC=C=CC(CC=C)COC. The number of allylic oxidation sites excluding steroid dienone is 2. The van der Waals surface area contributed by atoms with Crippen molar-refractivity contribution in [3.05, 3.63) is 43.2 Å². The summed E-state index contributed by atoms with van der Waals surface area (Å²) in [5, 5.41) is 0. The quantitative estimate of drug-likeness (QED) is 0.325. The molecule has 0 saturated heterocycles. The van der Waals surface area contributed by atoms with Gasteiger partial charge in [-0.1, -0.05) is 12.2 Å². The average molecular weight is 192 g/mol. The Labute approximate surface area is 87.5 Å². The lowest BCUT2D eigenvalue weighted by Crippen LogP contribution is -2.02. The van der Waals surface area contributed by atoms with Crippen LogP contribution in [0, 0.1) is 5.92 Å². The van der Waals surface area contributed by atoms with Gasteiger partial charge in [-0.2, -0.15) is 0 Å². The Morgan fingerprint density at radius 3 is 2.64 bits per heavy atom. The van der Waals surface area contributed by atoms with Gasteiger partial charge < -0.3 is 4.74 Å². The summed E-state index contributed by atoms with van der Waals surface area (Å²) in [4.78, 5) is 0. The van der Waals surface area contributed by atoms with Gasteiger partial charge in [0.25, 0.3) is 0 Å². The Morgan fingerprint density at radius 2 is 2.07 bits per heavy atom. The summed E-state index contributed by atoms with van der Waals surface area (Å²) in [6.45, 7) is 8.11. The van der Waals surface area contributed by atoms with E-state index in [-0.39, 0.29) is 0 Å². The van der Waals surface area contributed by atoms with E-state index in [2.05, 4.69) is 18.9 Å². The Kier molecular flexibility index (Phi) is 9.30. The van der Waals surface area contributed by atoms with Gasteiger partial charge in [-0.15, -0.1) is 18.9 Å². The van der Waals surface area contributed by atoms with Gasteiger partial charge in [0.15, 0.2) is 0 Å². The Balaban J connectivity index is 3.91. The number of rotatable bonds is 8. The maximum absolute atomic E-state index is 5.09. The van der Waals surface area contributed by atoms with Crippen LogP contribution in [0.15, 0.2) is 43.2 Å². The topological polar surface area (TPSA) is 9.23 Å². The van der Waals surface area contributed by atoms with Crippen molar-refractivity contribution < 1.29 is 4.74 Å². The summed E-state index contributed by atoms with van der Waals surface area (Å²) in [6, 6.07) is 0. The highest BCUT2D eigenvalue weighted by Gasteiger charge is 1.99. The highest BCUT2D eigenvalue weighted by molar-refractivity contribution is 4.93. The van der Waals surface area contributed by atoms with E-state index in [1.165, 1.54) is 0 Å². The average Bonchev–Trinajstić information content (AvgIpc) is 2.18. The molecule has 0 aliphatic heterocycles. The summed E-state index contributed by atoms with van der Waals surface area (Å²) in [5.74, 6) is 0.400. The molecule has 0 aromatic carbocycles. The molecule has 1 heteroatoms. The molecule has 0 radical (unpaired) electrons. The van der Waals surface area contributed by atoms with Crippen LogP contribution in [0.3, 0.4) is 0 Å². The van der Waals surface area contributed by atoms with Crippen LogP contribution in [0.5, 0.6) is 0 Å². The van der Waals surface area contributed by atoms with Gasteiger partial charge in [0.05, 0.1) is 6.61 Å². The molecule has 0 saturated carbocycles. The second-order valence-corrected chi connectivity index (χ2v) is 3.14. The standard InChI is InChI=1S/C13H20O/c1-4-6-7-8-9-11-13(10-5-2)12-14-3/h4-5,8,11,13H,1-2,6-7,10,12H2,3H3. The lowest BCUT2D eigenvalue weighted by atomic mass is 10.1. The lowest BCUT2D eigenvalue weighted by Gasteiger charge is -2.06. The number of ether oxygens (including phenoxy) is 1. The molecule has 1 atom stereocenters. The molecule has 14 heavy (non-hydrogen) atoms. The monoisotopic (exact) mass is 192 g/mol. The molecule has 0 bridgehead atoms. The van der Waals surface area contributed by atoms with Crippen LogP contribution in [0.25, 0.3) is 0 Å². The van der Waals surface area contributed by atoms with Crippen LogP contribution in [0.4, 0.5) is 0 Å². The van der Waals surface area contributed by atoms with E-state index >= 15 is 0 Å². The van der Waals surface area contributed by atoms with Gasteiger partial charge in [-0.05, 0) is 31.4 Å². The molecule has 1 unspecified atom stereocenters. The van der Waals surface area contributed by atoms with Gasteiger partial charge in [-0.25, -0.2) is 0 Å². The zero-order chi connectivity index (χ0) is 10.6. The molecular weight excluding hydrogens is 172 g/mol. The van der Waals surface area contributed by atoms with Crippen LogP contribution in [0.1, 0.15) is 19.3 Å². The lowest BCUT2D eigenvalue weighted by molar-refractivity contribution is 0.171. The number of methoxy groups -OCH3 is 1. The normalized spacial score (nSPS) is 11.2. The van der Waals surface area contributed by atoms with Crippen LogP contribution < -0.4 is 0 Å². The van der Waals surface area contributed by atoms with Crippen LogP contribution in [-0.2, 0) is 4.74 Å². The van der Waals surface area contributed by atoms with Crippen molar-refractivity contribution in [1.82, 2.24) is 0 Å². The van der Waals surface area contributed by atoms with Gasteiger partial charge in [0, 0.05) is 13.0 Å². The van der Waals surface area contributed by atoms with E-state index in [1.807, 2.05) is 24.3 Å². The molecule has 0 aliphatic rings. The maximum Gasteiger partial charge on any atom is 0.0534 e. The molecule has 0 aromatic rings. The third-order valence-corrected chi connectivity index (χ3v) is 1.82. The first-order chi connectivity index (χ1) is 6.85. The Hall–Kier alpha value is -1.04. The summed E-state index contributed by atoms with van der Waals surface area (Å²) in [6.07, 6.45) is 10.9. The first-order valence-corrected chi connectivity index (χ1v) is 4.97. The van der Waals surface area contributed by atoms with Gasteiger partial charge in [0.1, 0.15) is 0 Å². The zero-order valence-electron chi connectivity index (χ0n) is 9.04. The fourth-order valence-corrected chi connectivity index (χ4v) is 1.10. The number of unbranched alkanes of at least 4 members (excludes halogenated alkanes) is 1. The second kappa shape index (κ2) is 10.0. The molecule has 0 amide bonds. The zero-order valence-corrected chi connectivity index (χ0v) is 9.04. The second-order valence-electron chi connectivity index (χ2n) is 3.14. The van der Waals surface area contributed by atoms with E-state index in [0.29, 0.717) is 5.92 Å². The van der Waals surface area contributed by atoms with E-state index in [4.69, 9.17) is 4.74 Å².